The van der Waals surface area contributed by atoms with E-state index in [1.807, 2.05) is 0 Å². The number of halogens is 5. The van der Waals surface area contributed by atoms with Gasteiger partial charge in [0, 0.05) is 0 Å². The van der Waals surface area contributed by atoms with Crippen LogP contribution in [0.1, 0.15) is 11.8 Å². The molecule has 1 aromatic rings. The minimum Gasteiger partial charge on any atom is -1.00 e. The minimum absolute atomic E-state index is 0. The number of hydrogen-bond donors (Lipinski definition) is 1. The molecule has 0 radical (unpaired) electrons. The maximum atomic E-state index is 12.6. The summed E-state index contributed by atoms with van der Waals surface area (Å²) in [5, 5.41) is 8.15. The number of aromatic carboxylic acids is 1. The molecule has 0 bridgehead atoms. The fourth-order valence-electron chi connectivity index (χ4n) is 0.793. The molecule has 15 heavy (non-hydrogen) atoms. The SMILES string of the molecule is O=C(O)c1c(F)c(F)c(F)c(F)c1F.[H-].[K+]. The van der Waals surface area contributed by atoms with Gasteiger partial charge in [-0.25, -0.2) is 26.7 Å². The van der Waals surface area contributed by atoms with Gasteiger partial charge in [0.2, 0.25) is 5.82 Å². The maximum Gasteiger partial charge on any atom is 1.00 e. The number of carbonyl (C=O) groups is 1. The van der Waals surface area contributed by atoms with E-state index in [0.717, 1.165) is 0 Å². The van der Waals surface area contributed by atoms with Crippen molar-refractivity contribution in [1.29, 1.82) is 0 Å². The average molecular weight is 252 g/mol. The number of carboxylic acids is 1. The summed E-state index contributed by atoms with van der Waals surface area (Å²) < 4.78 is 62.1. The molecular formula is C7H2F5KO2. The van der Waals surface area contributed by atoms with Crippen molar-refractivity contribution in [2.45, 2.75) is 0 Å². The molecule has 1 aromatic carbocycles. The first-order chi connectivity index (χ1) is 6.37. The molecule has 0 saturated carbocycles. The Bertz CT molecular complexity index is 397. The third kappa shape index (κ3) is 2.56. The van der Waals surface area contributed by atoms with Crippen LogP contribution < -0.4 is 51.4 Å². The van der Waals surface area contributed by atoms with Crippen molar-refractivity contribution in [3.05, 3.63) is 34.6 Å². The predicted octanol–water partition coefficient (Wildman–Crippen LogP) is -0.803. The Labute approximate surface area is 124 Å². The molecule has 0 spiro atoms. The van der Waals surface area contributed by atoms with Crippen molar-refractivity contribution in [1.82, 2.24) is 0 Å². The molecule has 0 unspecified atom stereocenters. The van der Waals surface area contributed by atoms with Gasteiger partial charge in [-0.2, -0.15) is 0 Å². The number of carboxylic acid groups (broad SMARTS) is 1. The van der Waals surface area contributed by atoms with Crippen LogP contribution >= 0.6 is 0 Å². The molecule has 0 aliphatic carbocycles. The van der Waals surface area contributed by atoms with Gasteiger partial charge < -0.3 is 6.53 Å². The van der Waals surface area contributed by atoms with Crippen LogP contribution in [0, 0.1) is 29.1 Å². The van der Waals surface area contributed by atoms with E-state index in [4.69, 9.17) is 5.11 Å². The Morgan fingerprint density at radius 3 is 1.40 bits per heavy atom. The summed E-state index contributed by atoms with van der Waals surface area (Å²) in [5.74, 6) is -13.9. The zero-order chi connectivity index (χ0) is 11.0. The van der Waals surface area contributed by atoms with Gasteiger partial charge in [-0.05, 0) is 0 Å². The van der Waals surface area contributed by atoms with Crippen molar-refractivity contribution in [3.8, 4) is 0 Å². The Balaban J connectivity index is 0. The van der Waals surface area contributed by atoms with Gasteiger partial charge in [-0.3, -0.25) is 0 Å². The normalized spacial score (nSPS) is 9.67. The second-order valence-corrected chi connectivity index (χ2v) is 2.25. The van der Waals surface area contributed by atoms with Crippen molar-refractivity contribution in [2.75, 3.05) is 0 Å². The molecule has 0 aliphatic heterocycles. The minimum atomic E-state index is -2.38. The Hall–Kier alpha value is -0.0236. The fourth-order valence-corrected chi connectivity index (χ4v) is 0.793. The average Bonchev–Trinajstić information content (AvgIpc) is 2.11. The summed E-state index contributed by atoms with van der Waals surface area (Å²) in [6.07, 6.45) is 0. The van der Waals surface area contributed by atoms with Gasteiger partial charge in [-0.1, -0.05) is 0 Å². The second-order valence-electron chi connectivity index (χ2n) is 2.25. The smallest absolute Gasteiger partial charge is 1.00 e. The molecule has 1 rings (SSSR count). The van der Waals surface area contributed by atoms with Gasteiger partial charge in [-0.15, -0.1) is 0 Å². The molecule has 0 saturated heterocycles. The molecule has 2 nitrogen and oxygen atoms in total. The van der Waals surface area contributed by atoms with E-state index in [0.29, 0.717) is 0 Å². The zero-order valence-electron chi connectivity index (χ0n) is 8.25. The maximum absolute atomic E-state index is 12.6. The molecule has 0 amide bonds. The van der Waals surface area contributed by atoms with Crippen LogP contribution in [0.3, 0.4) is 0 Å². The summed E-state index contributed by atoms with van der Waals surface area (Å²) in [7, 11) is 0. The Morgan fingerprint density at radius 2 is 1.13 bits per heavy atom. The van der Waals surface area contributed by atoms with Crippen LogP contribution in [0.2, 0.25) is 0 Å². The van der Waals surface area contributed by atoms with Gasteiger partial charge in [0.05, 0.1) is 0 Å². The van der Waals surface area contributed by atoms with Crippen LogP contribution in [0.5, 0.6) is 0 Å². The molecule has 8 heteroatoms. The summed E-state index contributed by atoms with van der Waals surface area (Å²) in [6, 6.07) is 0. The Kier molecular flexibility index (Phi) is 5.34. The number of hydrogen-bond acceptors (Lipinski definition) is 1. The molecule has 1 N–H and O–H groups in total. The molecule has 0 aliphatic rings. The van der Waals surface area contributed by atoms with Crippen LogP contribution in [0.25, 0.3) is 0 Å². The topological polar surface area (TPSA) is 37.3 Å². The molecule has 0 heterocycles. The predicted molar refractivity (Wildman–Crippen MR) is 34.3 cm³/mol. The van der Waals surface area contributed by atoms with Gasteiger partial charge >= 0.3 is 57.4 Å². The second kappa shape index (κ2) is 5.35. The van der Waals surface area contributed by atoms with Gasteiger partial charge in [0.15, 0.2) is 23.3 Å². The summed E-state index contributed by atoms with van der Waals surface area (Å²) in [4.78, 5) is 10.1. The van der Waals surface area contributed by atoms with E-state index in [-0.39, 0.29) is 52.8 Å². The van der Waals surface area contributed by atoms with Crippen LogP contribution in [-0.4, -0.2) is 11.1 Å². The quantitative estimate of drug-likeness (QED) is 0.307. The molecular weight excluding hydrogens is 250 g/mol. The monoisotopic (exact) mass is 252 g/mol. The third-order valence-corrected chi connectivity index (χ3v) is 1.42. The Morgan fingerprint density at radius 1 is 0.867 bits per heavy atom. The van der Waals surface area contributed by atoms with E-state index in [2.05, 4.69) is 0 Å². The molecule has 0 aromatic heterocycles. The third-order valence-electron chi connectivity index (χ3n) is 1.42. The summed E-state index contributed by atoms with van der Waals surface area (Å²) in [5.41, 5.74) is -1.86. The molecule has 78 valence electrons. The molecule has 0 fully saturated rings. The van der Waals surface area contributed by atoms with Crippen molar-refractivity contribution < 1.29 is 84.7 Å². The van der Waals surface area contributed by atoms with Crippen LogP contribution in [0.15, 0.2) is 0 Å². The fraction of sp³-hybridized carbons (Fsp3) is 0. The molecule has 0 atom stereocenters. The standard InChI is InChI=1S/C7HF5O2.K.H/c8-2-1(7(13)14)3(9)5(11)6(12)4(2)10;;/h(H,13,14);;/q;+1;-1. The van der Waals surface area contributed by atoms with E-state index >= 15 is 0 Å². The van der Waals surface area contributed by atoms with Crippen molar-refractivity contribution in [3.63, 3.8) is 0 Å². The van der Waals surface area contributed by atoms with E-state index in [1.54, 1.807) is 0 Å². The summed E-state index contributed by atoms with van der Waals surface area (Å²) >= 11 is 0. The summed E-state index contributed by atoms with van der Waals surface area (Å²) in [6.45, 7) is 0. The van der Waals surface area contributed by atoms with E-state index in [9.17, 15) is 26.7 Å². The first-order valence-electron chi connectivity index (χ1n) is 3.12. The number of rotatable bonds is 1. The van der Waals surface area contributed by atoms with Crippen LogP contribution in [-0.2, 0) is 0 Å². The number of benzene rings is 1. The van der Waals surface area contributed by atoms with E-state index < -0.39 is 40.6 Å². The zero-order valence-corrected chi connectivity index (χ0v) is 10.4. The van der Waals surface area contributed by atoms with E-state index in [1.165, 1.54) is 0 Å². The van der Waals surface area contributed by atoms with Crippen molar-refractivity contribution in [2.24, 2.45) is 0 Å². The largest absolute Gasteiger partial charge is 1.00 e. The van der Waals surface area contributed by atoms with Crippen molar-refractivity contribution >= 4 is 5.97 Å². The van der Waals surface area contributed by atoms with Gasteiger partial charge in [0.1, 0.15) is 5.56 Å². The first-order valence-corrected chi connectivity index (χ1v) is 3.12. The first kappa shape index (κ1) is 15.0. The van der Waals surface area contributed by atoms with Gasteiger partial charge in [0.25, 0.3) is 0 Å². The van der Waals surface area contributed by atoms with Crippen LogP contribution in [0.4, 0.5) is 22.0 Å².